The Labute approximate surface area is 158 Å². The van der Waals surface area contributed by atoms with Gasteiger partial charge in [0.2, 0.25) is 5.91 Å². The topological polar surface area (TPSA) is 92.7 Å². The van der Waals surface area contributed by atoms with E-state index in [2.05, 4.69) is 5.32 Å². The maximum absolute atomic E-state index is 12.7. The van der Waals surface area contributed by atoms with E-state index in [0.29, 0.717) is 29.0 Å². The summed E-state index contributed by atoms with van der Waals surface area (Å²) in [5.74, 6) is -3.36. The largest absolute Gasteiger partial charge is 0.481 e. The number of aliphatic carboxylic acids is 1. The summed E-state index contributed by atoms with van der Waals surface area (Å²) in [6.07, 6.45) is 4.28. The molecule has 1 aliphatic rings. The molecule has 1 amide bonds. The van der Waals surface area contributed by atoms with Crippen LogP contribution < -0.4 is 5.32 Å². The Morgan fingerprint density at radius 2 is 1.92 bits per heavy atom. The smallest absolute Gasteiger partial charge is 0.341 e. The van der Waals surface area contributed by atoms with Gasteiger partial charge < -0.3 is 15.2 Å². The number of amides is 1. The van der Waals surface area contributed by atoms with E-state index in [0.717, 1.165) is 4.88 Å². The lowest BCUT2D eigenvalue weighted by Gasteiger charge is -2.24. The maximum Gasteiger partial charge on any atom is 0.341 e. The van der Waals surface area contributed by atoms with Gasteiger partial charge in [-0.15, -0.1) is 22.7 Å². The minimum Gasteiger partial charge on any atom is -0.481 e. The number of carboxylic acid groups (broad SMARTS) is 1. The van der Waals surface area contributed by atoms with Crippen molar-refractivity contribution in [3.8, 4) is 10.4 Å². The van der Waals surface area contributed by atoms with Crippen molar-refractivity contribution in [2.45, 2.75) is 12.8 Å². The zero-order chi connectivity index (χ0) is 18.7. The second-order valence-electron chi connectivity index (χ2n) is 5.81. The molecule has 2 N–H and O–H groups in total. The van der Waals surface area contributed by atoms with Gasteiger partial charge in [0.1, 0.15) is 10.6 Å². The molecule has 6 nitrogen and oxygen atoms in total. The number of carbonyl (C=O) groups is 3. The van der Waals surface area contributed by atoms with Gasteiger partial charge in [0.05, 0.1) is 18.9 Å². The van der Waals surface area contributed by atoms with Crippen LogP contribution in [0.2, 0.25) is 0 Å². The van der Waals surface area contributed by atoms with Crippen LogP contribution in [-0.2, 0) is 14.3 Å². The molecule has 2 aromatic rings. The number of nitrogens with one attached hydrogen (secondary N) is 1. The molecule has 136 valence electrons. The molecule has 0 unspecified atom stereocenters. The highest BCUT2D eigenvalue weighted by atomic mass is 32.1. The van der Waals surface area contributed by atoms with Gasteiger partial charge in [-0.05, 0) is 24.3 Å². The van der Waals surface area contributed by atoms with Crippen LogP contribution in [0.3, 0.4) is 0 Å². The molecule has 2 heterocycles. The number of carboxylic acids is 1. The normalized spacial score (nSPS) is 19.1. The van der Waals surface area contributed by atoms with Crippen molar-refractivity contribution in [1.29, 1.82) is 0 Å². The Morgan fingerprint density at radius 3 is 2.54 bits per heavy atom. The molecule has 8 heteroatoms. The van der Waals surface area contributed by atoms with E-state index in [1.54, 1.807) is 11.5 Å². The first-order valence-corrected chi connectivity index (χ1v) is 9.71. The van der Waals surface area contributed by atoms with Crippen molar-refractivity contribution in [3.05, 3.63) is 40.6 Å². The number of hydrogen-bond acceptors (Lipinski definition) is 6. The standard InChI is InChI=1S/C18H17NO5S2/c1-24-18(23)14-12(13-7-4-8-25-13)9-26-16(14)19-15(20)10-5-2-3-6-11(10)17(21)22/h2-4,7-11H,5-6H2,1H3,(H,19,20)(H,21,22)/t10-,11+/m0/s1. The number of ether oxygens (including phenoxy) is 1. The van der Waals surface area contributed by atoms with Crippen LogP contribution >= 0.6 is 22.7 Å². The third-order valence-electron chi connectivity index (χ3n) is 4.29. The van der Waals surface area contributed by atoms with Gasteiger partial charge in [-0.2, -0.15) is 0 Å². The number of esters is 1. The van der Waals surface area contributed by atoms with Crippen LogP contribution in [0.1, 0.15) is 23.2 Å². The second kappa shape index (κ2) is 7.84. The van der Waals surface area contributed by atoms with Crippen molar-refractivity contribution >= 4 is 45.5 Å². The number of anilines is 1. The first-order chi connectivity index (χ1) is 12.5. The average Bonchev–Trinajstić information content (AvgIpc) is 3.30. The van der Waals surface area contributed by atoms with E-state index in [4.69, 9.17) is 4.74 Å². The fourth-order valence-corrected chi connectivity index (χ4v) is 4.72. The Bertz CT molecular complexity index is 853. The third-order valence-corrected chi connectivity index (χ3v) is 6.09. The first-order valence-electron chi connectivity index (χ1n) is 7.95. The number of hydrogen-bond donors (Lipinski definition) is 2. The molecule has 3 rings (SSSR count). The molecule has 26 heavy (non-hydrogen) atoms. The molecule has 0 saturated carbocycles. The fourth-order valence-electron chi connectivity index (χ4n) is 2.95. The summed E-state index contributed by atoms with van der Waals surface area (Å²) < 4.78 is 4.88. The van der Waals surface area contributed by atoms with Gasteiger partial charge >= 0.3 is 11.9 Å². The minimum atomic E-state index is -0.992. The molecular formula is C18H17NO5S2. The Balaban J connectivity index is 1.90. The summed E-state index contributed by atoms with van der Waals surface area (Å²) in [6.45, 7) is 0. The highest BCUT2D eigenvalue weighted by Crippen LogP contribution is 2.39. The van der Waals surface area contributed by atoms with E-state index in [9.17, 15) is 19.5 Å². The number of methoxy groups -OCH3 is 1. The summed E-state index contributed by atoms with van der Waals surface area (Å²) in [6, 6.07) is 3.76. The predicted molar refractivity (Wildman–Crippen MR) is 101 cm³/mol. The lowest BCUT2D eigenvalue weighted by Crippen LogP contribution is -2.34. The highest BCUT2D eigenvalue weighted by Gasteiger charge is 2.35. The summed E-state index contributed by atoms with van der Waals surface area (Å²) in [7, 11) is 1.29. The lowest BCUT2D eigenvalue weighted by atomic mass is 9.82. The molecule has 0 spiro atoms. The van der Waals surface area contributed by atoms with Crippen LogP contribution in [0.15, 0.2) is 35.0 Å². The minimum absolute atomic E-state index is 0.298. The number of thiophene rings is 2. The van der Waals surface area contributed by atoms with Crippen LogP contribution in [0.25, 0.3) is 10.4 Å². The molecule has 0 saturated heterocycles. The summed E-state index contributed by atoms with van der Waals surface area (Å²) >= 11 is 2.71. The molecule has 0 aliphatic heterocycles. The Kier molecular flexibility index (Phi) is 5.53. The van der Waals surface area contributed by atoms with E-state index in [1.165, 1.54) is 29.8 Å². The van der Waals surface area contributed by atoms with Crippen LogP contribution in [-0.4, -0.2) is 30.1 Å². The number of allylic oxidation sites excluding steroid dienone is 2. The van der Waals surface area contributed by atoms with Crippen molar-refractivity contribution in [1.82, 2.24) is 0 Å². The van der Waals surface area contributed by atoms with Crippen LogP contribution in [0.4, 0.5) is 5.00 Å². The van der Waals surface area contributed by atoms with Gasteiger partial charge in [-0.25, -0.2) is 4.79 Å². The SMILES string of the molecule is COC(=O)c1c(-c2cccs2)csc1NC(=O)[C@H]1CC=CC[C@H]1C(=O)O. The maximum atomic E-state index is 12.7. The lowest BCUT2D eigenvalue weighted by molar-refractivity contribution is -0.146. The first kappa shape index (κ1) is 18.3. The summed E-state index contributed by atoms with van der Waals surface area (Å²) in [4.78, 5) is 37.3. The van der Waals surface area contributed by atoms with Crippen molar-refractivity contribution < 1.29 is 24.2 Å². The molecule has 0 bridgehead atoms. The van der Waals surface area contributed by atoms with Gasteiger partial charge in [-0.1, -0.05) is 18.2 Å². The fraction of sp³-hybridized carbons (Fsp3) is 0.278. The summed E-state index contributed by atoms with van der Waals surface area (Å²) in [5, 5.41) is 16.2. The van der Waals surface area contributed by atoms with E-state index >= 15 is 0 Å². The molecular weight excluding hydrogens is 374 g/mol. The third kappa shape index (κ3) is 3.56. The quantitative estimate of drug-likeness (QED) is 0.596. The molecule has 0 fully saturated rings. The van der Waals surface area contributed by atoms with E-state index in [-0.39, 0.29) is 0 Å². The summed E-state index contributed by atoms with van der Waals surface area (Å²) in [5.41, 5.74) is 0.997. The zero-order valence-corrected chi connectivity index (χ0v) is 15.6. The molecule has 2 atom stereocenters. The highest BCUT2D eigenvalue weighted by molar-refractivity contribution is 7.17. The van der Waals surface area contributed by atoms with E-state index in [1.807, 2.05) is 23.6 Å². The Morgan fingerprint density at radius 1 is 1.19 bits per heavy atom. The van der Waals surface area contributed by atoms with Crippen molar-refractivity contribution in [3.63, 3.8) is 0 Å². The van der Waals surface area contributed by atoms with Crippen LogP contribution in [0, 0.1) is 11.8 Å². The van der Waals surface area contributed by atoms with Crippen LogP contribution in [0.5, 0.6) is 0 Å². The van der Waals surface area contributed by atoms with Crippen molar-refractivity contribution in [2.75, 3.05) is 12.4 Å². The molecule has 1 aliphatic carbocycles. The average molecular weight is 391 g/mol. The van der Waals surface area contributed by atoms with Crippen molar-refractivity contribution in [2.24, 2.45) is 11.8 Å². The second-order valence-corrected chi connectivity index (χ2v) is 7.63. The van der Waals surface area contributed by atoms with E-state index < -0.39 is 29.7 Å². The number of rotatable bonds is 5. The predicted octanol–water partition coefficient (Wildman–Crippen LogP) is 3.87. The molecule has 2 aromatic heterocycles. The Hall–Kier alpha value is -2.45. The molecule has 0 aromatic carbocycles. The zero-order valence-electron chi connectivity index (χ0n) is 13.9. The van der Waals surface area contributed by atoms with Gasteiger partial charge in [0, 0.05) is 15.8 Å². The van der Waals surface area contributed by atoms with Gasteiger partial charge in [0.15, 0.2) is 0 Å². The van der Waals surface area contributed by atoms with Gasteiger partial charge in [-0.3, -0.25) is 9.59 Å². The van der Waals surface area contributed by atoms with Gasteiger partial charge in [0.25, 0.3) is 0 Å². The monoisotopic (exact) mass is 391 g/mol. The molecule has 0 radical (unpaired) electrons. The number of carbonyl (C=O) groups excluding carboxylic acids is 2.